The van der Waals surface area contributed by atoms with Crippen LogP contribution in [0.3, 0.4) is 0 Å². The molecule has 0 fully saturated rings. The topological polar surface area (TPSA) is 104 Å². The molecule has 33 heavy (non-hydrogen) atoms. The van der Waals surface area contributed by atoms with E-state index in [9.17, 15) is 13.2 Å². The highest BCUT2D eigenvalue weighted by Gasteiger charge is 2.19. The van der Waals surface area contributed by atoms with Gasteiger partial charge in [-0.05, 0) is 68.9 Å². The molecule has 0 aliphatic rings. The summed E-state index contributed by atoms with van der Waals surface area (Å²) in [6.45, 7) is 4.59. The van der Waals surface area contributed by atoms with E-state index < -0.39 is 10.0 Å². The van der Waals surface area contributed by atoms with Crippen LogP contribution in [0.4, 0.5) is 0 Å². The van der Waals surface area contributed by atoms with E-state index in [1.807, 2.05) is 54.6 Å². The summed E-state index contributed by atoms with van der Waals surface area (Å²) in [5.74, 6) is 1.30. The lowest BCUT2D eigenvalue weighted by Crippen LogP contribution is -2.26. The number of carbonyl (C=O) groups excluding carboxylic acids is 1. The lowest BCUT2D eigenvalue weighted by molar-refractivity contribution is 0.0942. The molecule has 9 heteroatoms. The Morgan fingerprint density at radius 3 is 2.21 bits per heavy atom. The Morgan fingerprint density at radius 1 is 1.00 bits per heavy atom. The number of aromatic nitrogens is 1. The minimum atomic E-state index is -3.76. The number of rotatable bonds is 9. The molecule has 8 nitrogen and oxygen atoms in total. The van der Waals surface area contributed by atoms with Gasteiger partial charge < -0.3 is 14.0 Å². The molecule has 2 aromatic carbocycles. The van der Waals surface area contributed by atoms with Gasteiger partial charge in [-0.15, -0.1) is 0 Å². The minimum Gasteiger partial charge on any atom is -0.493 e. The number of hydrogen-bond acceptors (Lipinski definition) is 6. The van der Waals surface area contributed by atoms with E-state index in [-0.39, 0.29) is 17.2 Å². The molecule has 0 saturated heterocycles. The van der Waals surface area contributed by atoms with Crippen LogP contribution < -0.4 is 14.6 Å². The molecule has 0 aliphatic carbocycles. The van der Waals surface area contributed by atoms with Crippen molar-refractivity contribution in [2.75, 3.05) is 27.8 Å². The van der Waals surface area contributed by atoms with Crippen molar-refractivity contribution in [3.8, 4) is 17.2 Å². The molecule has 0 atom stereocenters. The number of nitrogens with two attached hydrogens (primary N) is 1. The van der Waals surface area contributed by atoms with Crippen molar-refractivity contribution in [3.05, 3.63) is 71.0 Å². The number of carbonyl (C=O) groups is 1. The maximum Gasteiger partial charge on any atom is 0.238 e. The molecule has 0 bridgehead atoms. The number of Topliss-reactive ketones (excluding diaryl/α,β-unsaturated/α-hetero) is 1. The van der Waals surface area contributed by atoms with Crippen molar-refractivity contribution in [1.82, 2.24) is 9.47 Å². The first kappa shape index (κ1) is 24.5. The zero-order valence-corrected chi connectivity index (χ0v) is 20.3. The summed E-state index contributed by atoms with van der Waals surface area (Å²) in [6, 6.07) is 13.8. The van der Waals surface area contributed by atoms with E-state index in [1.165, 1.54) is 12.1 Å². The third kappa shape index (κ3) is 5.44. The van der Waals surface area contributed by atoms with Crippen molar-refractivity contribution >= 4 is 15.8 Å². The first-order valence-corrected chi connectivity index (χ1v) is 11.8. The van der Waals surface area contributed by atoms with Gasteiger partial charge in [-0.3, -0.25) is 9.69 Å². The number of aryl methyl sites for hydroxylation is 1. The standard InChI is InChI=1S/C24H29N3O5S/c1-16-12-21(17(2)27(16)19-7-9-20(10-8-19)33(25,29)30)22(28)15-26(3)14-18-6-11-23(31-4)24(13-18)32-5/h6-13H,14-15H2,1-5H3,(H2,25,29,30). The summed E-state index contributed by atoms with van der Waals surface area (Å²) in [6.07, 6.45) is 0. The summed E-state index contributed by atoms with van der Waals surface area (Å²) in [5, 5.41) is 5.18. The van der Waals surface area contributed by atoms with Gasteiger partial charge in [0.15, 0.2) is 17.3 Å². The van der Waals surface area contributed by atoms with E-state index in [2.05, 4.69) is 0 Å². The van der Waals surface area contributed by atoms with Crippen molar-refractivity contribution in [2.45, 2.75) is 25.3 Å². The molecule has 176 valence electrons. The molecule has 0 amide bonds. The van der Waals surface area contributed by atoms with E-state index in [1.54, 1.807) is 26.4 Å². The van der Waals surface area contributed by atoms with Crippen LogP contribution in [0.15, 0.2) is 53.4 Å². The second kappa shape index (κ2) is 9.78. The maximum absolute atomic E-state index is 13.1. The van der Waals surface area contributed by atoms with Crippen LogP contribution in [0, 0.1) is 13.8 Å². The fourth-order valence-corrected chi connectivity index (χ4v) is 4.42. The third-order valence-corrected chi connectivity index (χ3v) is 6.40. The van der Waals surface area contributed by atoms with Gasteiger partial charge in [-0.2, -0.15) is 0 Å². The average molecular weight is 472 g/mol. The van der Waals surface area contributed by atoms with Gasteiger partial charge in [0.25, 0.3) is 0 Å². The predicted octanol–water partition coefficient (Wildman–Crippen LogP) is 3.07. The van der Waals surface area contributed by atoms with E-state index in [0.29, 0.717) is 23.6 Å². The molecule has 1 aromatic heterocycles. The Bertz CT molecular complexity index is 1260. The van der Waals surface area contributed by atoms with Gasteiger partial charge in [0.05, 0.1) is 25.7 Å². The Balaban J connectivity index is 1.77. The number of ether oxygens (including phenoxy) is 2. The number of likely N-dealkylation sites (N-methyl/N-ethyl adjacent to an activating group) is 1. The summed E-state index contributed by atoms with van der Waals surface area (Å²) in [5.41, 5.74) is 4.06. The molecule has 0 aliphatic heterocycles. The Hall–Kier alpha value is -3.14. The summed E-state index contributed by atoms with van der Waals surface area (Å²) in [4.78, 5) is 15.1. The number of primary sulfonamides is 1. The zero-order valence-electron chi connectivity index (χ0n) is 19.5. The Kier molecular flexibility index (Phi) is 7.26. The van der Waals surface area contributed by atoms with Gasteiger partial charge in [-0.1, -0.05) is 6.07 Å². The molecule has 2 N–H and O–H groups in total. The van der Waals surface area contributed by atoms with Gasteiger partial charge >= 0.3 is 0 Å². The number of ketones is 1. The number of methoxy groups -OCH3 is 2. The molecule has 0 spiro atoms. The monoisotopic (exact) mass is 471 g/mol. The summed E-state index contributed by atoms with van der Waals surface area (Å²) in [7, 11) is 1.31. The van der Waals surface area contributed by atoms with Gasteiger partial charge in [0.1, 0.15) is 0 Å². The van der Waals surface area contributed by atoms with Crippen molar-refractivity contribution in [1.29, 1.82) is 0 Å². The van der Waals surface area contributed by atoms with Gasteiger partial charge in [0, 0.05) is 29.2 Å². The van der Waals surface area contributed by atoms with Crippen LogP contribution in [0.5, 0.6) is 11.5 Å². The van der Waals surface area contributed by atoms with Gasteiger partial charge in [-0.25, -0.2) is 13.6 Å². The molecule has 3 rings (SSSR count). The van der Waals surface area contributed by atoms with Crippen molar-refractivity contribution in [3.63, 3.8) is 0 Å². The largest absolute Gasteiger partial charge is 0.493 e. The molecule has 0 unspecified atom stereocenters. The first-order chi connectivity index (χ1) is 15.5. The number of sulfonamides is 1. The smallest absolute Gasteiger partial charge is 0.238 e. The normalized spacial score (nSPS) is 11.6. The lowest BCUT2D eigenvalue weighted by Gasteiger charge is -2.17. The second-order valence-electron chi connectivity index (χ2n) is 7.94. The highest BCUT2D eigenvalue weighted by molar-refractivity contribution is 7.89. The fraction of sp³-hybridized carbons (Fsp3) is 0.292. The van der Waals surface area contributed by atoms with Gasteiger partial charge in [0.2, 0.25) is 10.0 Å². The van der Waals surface area contributed by atoms with Crippen LogP contribution in [0.25, 0.3) is 5.69 Å². The maximum atomic E-state index is 13.1. The number of hydrogen-bond donors (Lipinski definition) is 1. The fourth-order valence-electron chi connectivity index (χ4n) is 3.90. The quantitative estimate of drug-likeness (QED) is 0.481. The molecule has 1 heterocycles. The molecule has 0 saturated carbocycles. The van der Waals surface area contributed by atoms with E-state index >= 15 is 0 Å². The second-order valence-corrected chi connectivity index (χ2v) is 9.51. The predicted molar refractivity (Wildman–Crippen MR) is 127 cm³/mol. The lowest BCUT2D eigenvalue weighted by atomic mass is 10.1. The van der Waals surface area contributed by atoms with Crippen LogP contribution in [0.1, 0.15) is 27.3 Å². The number of nitrogens with zero attached hydrogens (tertiary/aromatic N) is 2. The summed E-state index contributed by atoms with van der Waals surface area (Å²) < 4.78 is 35.6. The van der Waals surface area contributed by atoms with Crippen molar-refractivity contribution < 1.29 is 22.7 Å². The van der Waals surface area contributed by atoms with Crippen molar-refractivity contribution in [2.24, 2.45) is 5.14 Å². The van der Waals surface area contributed by atoms with Crippen LogP contribution in [-0.2, 0) is 16.6 Å². The minimum absolute atomic E-state index is 0.00140. The van der Waals surface area contributed by atoms with Crippen LogP contribution >= 0.6 is 0 Å². The molecular formula is C24H29N3O5S. The highest BCUT2D eigenvalue weighted by atomic mass is 32.2. The Morgan fingerprint density at radius 2 is 1.64 bits per heavy atom. The first-order valence-electron chi connectivity index (χ1n) is 10.3. The average Bonchev–Trinajstić information content (AvgIpc) is 3.07. The van der Waals surface area contributed by atoms with E-state index in [4.69, 9.17) is 14.6 Å². The van der Waals surface area contributed by atoms with E-state index in [0.717, 1.165) is 22.6 Å². The summed E-state index contributed by atoms with van der Waals surface area (Å²) >= 11 is 0. The van der Waals surface area contributed by atoms with Crippen LogP contribution in [-0.4, -0.2) is 51.5 Å². The SMILES string of the molecule is COc1ccc(CN(C)CC(=O)c2cc(C)n(-c3ccc(S(N)(=O)=O)cc3)c2C)cc1OC. The molecule has 0 radical (unpaired) electrons. The third-order valence-electron chi connectivity index (χ3n) is 5.47. The molecule has 3 aromatic rings. The zero-order chi connectivity index (χ0) is 24.3. The number of benzene rings is 2. The Labute approximate surface area is 194 Å². The molecular weight excluding hydrogens is 442 g/mol. The highest BCUT2D eigenvalue weighted by Crippen LogP contribution is 2.28. The van der Waals surface area contributed by atoms with Crippen LogP contribution in [0.2, 0.25) is 0 Å².